The third kappa shape index (κ3) is 2.51. The van der Waals surface area contributed by atoms with E-state index in [-0.39, 0.29) is 12.4 Å². The van der Waals surface area contributed by atoms with Crippen LogP contribution < -0.4 is 4.65 Å². The Kier molecular flexibility index (Phi) is 3.50. The molecule has 2 aromatic rings. The lowest BCUT2D eigenvalue weighted by Crippen LogP contribution is -2.41. The molecule has 4 nitrogen and oxygen atoms in total. The number of aromatic amines is 1. The van der Waals surface area contributed by atoms with Crippen molar-refractivity contribution in [1.29, 1.82) is 0 Å². The van der Waals surface area contributed by atoms with Crippen LogP contribution in [-0.4, -0.2) is 23.6 Å². The van der Waals surface area contributed by atoms with Crippen molar-refractivity contribution >= 4 is 11.4 Å². The topological polar surface area (TPSA) is 42.1 Å². The molecule has 0 amide bonds. The number of quaternary nitrogens is 1. The minimum Gasteiger partial charge on any atom is -0.621 e. The molecule has 122 valence electrons. The number of nitrogens with zero attached hydrogens (tertiary/aromatic N) is 2. The molecule has 0 saturated heterocycles. The van der Waals surface area contributed by atoms with Gasteiger partial charge in [-0.3, -0.25) is 4.65 Å². The summed E-state index contributed by atoms with van der Waals surface area (Å²) in [5.74, 6) is 0. The highest BCUT2D eigenvalue weighted by Gasteiger charge is 2.39. The number of rotatable bonds is 2. The smallest absolute Gasteiger partial charge is 0.416 e. The molecule has 1 unspecified atom stereocenters. The number of hydrogen-bond donors (Lipinski definition) is 1. The molecule has 0 bridgehead atoms. The summed E-state index contributed by atoms with van der Waals surface area (Å²) in [6, 6.07) is 8.26. The second kappa shape index (κ2) is 5.14. The Morgan fingerprint density at radius 1 is 1.22 bits per heavy atom. The number of benzene rings is 1. The van der Waals surface area contributed by atoms with Crippen LogP contribution in [0.25, 0.3) is 5.70 Å². The predicted octanol–water partition coefficient (Wildman–Crippen LogP) is 4.13. The molecule has 0 radical (unpaired) electrons. The van der Waals surface area contributed by atoms with Gasteiger partial charge in [-0.2, -0.15) is 13.2 Å². The zero-order valence-electron chi connectivity index (χ0n) is 12.7. The SMILES string of the molecule is CC1=C(c2ccc[nH]2)N(C)C[N+]1([O-])c1cccc(C(F)(F)F)c1. The van der Waals surface area contributed by atoms with Crippen molar-refractivity contribution in [2.45, 2.75) is 13.1 Å². The van der Waals surface area contributed by atoms with Gasteiger partial charge in [0.15, 0.2) is 6.67 Å². The Morgan fingerprint density at radius 2 is 1.96 bits per heavy atom. The van der Waals surface area contributed by atoms with Gasteiger partial charge in [0, 0.05) is 26.2 Å². The molecule has 7 heteroatoms. The summed E-state index contributed by atoms with van der Waals surface area (Å²) < 4.78 is 37.8. The summed E-state index contributed by atoms with van der Waals surface area (Å²) in [4.78, 5) is 4.79. The number of H-pyrrole nitrogens is 1. The van der Waals surface area contributed by atoms with E-state index in [9.17, 15) is 18.4 Å². The van der Waals surface area contributed by atoms with E-state index in [1.807, 2.05) is 12.1 Å². The molecule has 3 rings (SSSR count). The summed E-state index contributed by atoms with van der Waals surface area (Å²) in [6.07, 6.45) is -2.73. The number of aromatic nitrogens is 1. The Balaban J connectivity index is 2.10. The van der Waals surface area contributed by atoms with E-state index in [2.05, 4.69) is 4.98 Å². The maximum absolute atomic E-state index is 13.3. The average molecular weight is 323 g/mol. The van der Waals surface area contributed by atoms with Crippen LogP contribution in [0.4, 0.5) is 18.9 Å². The Morgan fingerprint density at radius 3 is 2.57 bits per heavy atom. The monoisotopic (exact) mass is 323 g/mol. The van der Waals surface area contributed by atoms with Crippen LogP contribution in [0, 0.1) is 5.21 Å². The summed E-state index contributed by atoms with van der Waals surface area (Å²) >= 11 is 0. The molecule has 1 aromatic heterocycles. The highest BCUT2D eigenvalue weighted by atomic mass is 19.4. The largest absolute Gasteiger partial charge is 0.621 e. The molecule has 0 saturated carbocycles. The molecule has 1 atom stereocenters. The third-order valence-corrected chi connectivity index (χ3v) is 4.12. The van der Waals surface area contributed by atoms with E-state index in [0.29, 0.717) is 11.4 Å². The Hall–Kier alpha value is -2.25. The fourth-order valence-corrected chi connectivity index (χ4v) is 2.98. The van der Waals surface area contributed by atoms with Crippen molar-refractivity contribution in [2.75, 3.05) is 13.7 Å². The van der Waals surface area contributed by atoms with E-state index in [0.717, 1.165) is 17.8 Å². The zero-order chi connectivity index (χ0) is 16.8. The van der Waals surface area contributed by atoms with Gasteiger partial charge in [-0.1, -0.05) is 6.07 Å². The van der Waals surface area contributed by atoms with Gasteiger partial charge < -0.3 is 15.1 Å². The molecule has 0 aliphatic carbocycles. The van der Waals surface area contributed by atoms with Crippen molar-refractivity contribution in [3.05, 3.63) is 64.8 Å². The molecular formula is C16H16F3N3O. The minimum atomic E-state index is -4.47. The van der Waals surface area contributed by atoms with Gasteiger partial charge in [0.1, 0.15) is 17.1 Å². The summed E-state index contributed by atoms with van der Waals surface area (Å²) in [7, 11) is 1.76. The van der Waals surface area contributed by atoms with Gasteiger partial charge in [-0.15, -0.1) is 0 Å². The first kappa shape index (κ1) is 15.6. The second-order valence-electron chi connectivity index (χ2n) is 5.64. The Bertz CT molecular complexity index is 752. The van der Waals surface area contributed by atoms with Crippen molar-refractivity contribution in [3.63, 3.8) is 0 Å². The van der Waals surface area contributed by atoms with Crippen LogP contribution in [0.15, 0.2) is 48.3 Å². The highest BCUT2D eigenvalue weighted by molar-refractivity contribution is 5.71. The van der Waals surface area contributed by atoms with Gasteiger partial charge in [0.05, 0.1) is 11.3 Å². The minimum absolute atomic E-state index is 0.0293. The number of hydroxylamine groups is 2. The Labute approximate surface area is 131 Å². The molecular weight excluding hydrogens is 307 g/mol. The first-order valence-corrected chi connectivity index (χ1v) is 7.07. The van der Waals surface area contributed by atoms with E-state index < -0.39 is 16.4 Å². The number of hydrogen-bond acceptors (Lipinski definition) is 2. The van der Waals surface area contributed by atoms with E-state index in [1.54, 1.807) is 25.1 Å². The van der Waals surface area contributed by atoms with Crippen LogP contribution in [0.1, 0.15) is 18.2 Å². The van der Waals surface area contributed by atoms with Gasteiger partial charge >= 0.3 is 6.18 Å². The molecule has 1 N–H and O–H groups in total. The summed E-state index contributed by atoms with van der Waals surface area (Å²) in [5.41, 5.74) is 1.20. The maximum Gasteiger partial charge on any atom is 0.416 e. The summed E-state index contributed by atoms with van der Waals surface area (Å²) in [5, 5.41) is 13.3. The first-order valence-electron chi connectivity index (χ1n) is 7.07. The van der Waals surface area contributed by atoms with Gasteiger partial charge in [0.2, 0.25) is 0 Å². The van der Waals surface area contributed by atoms with Crippen molar-refractivity contribution in [1.82, 2.24) is 14.5 Å². The lowest BCUT2D eigenvalue weighted by atomic mass is 10.1. The molecule has 2 heterocycles. The van der Waals surface area contributed by atoms with Crippen molar-refractivity contribution in [2.24, 2.45) is 0 Å². The molecule has 0 fully saturated rings. The van der Waals surface area contributed by atoms with E-state index in [4.69, 9.17) is 0 Å². The molecule has 1 aliphatic heterocycles. The fourth-order valence-electron chi connectivity index (χ4n) is 2.98. The predicted molar refractivity (Wildman–Crippen MR) is 82.6 cm³/mol. The second-order valence-corrected chi connectivity index (χ2v) is 5.64. The summed E-state index contributed by atoms with van der Waals surface area (Å²) in [6.45, 7) is 1.69. The lowest BCUT2D eigenvalue weighted by molar-refractivity contribution is -0.137. The zero-order valence-corrected chi connectivity index (χ0v) is 12.7. The van der Waals surface area contributed by atoms with Crippen LogP contribution >= 0.6 is 0 Å². The number of halogens is 3. The van der Waals surface area contributed by atoms with E-state index >= 15 is 0 Å². The van der Waals surface area contributed by atoms with Crippen LogP contribution in [-0.2, 0) is 6.18 Å². The molecule has 23 heavy (non-hydrogen) atoms. The number of nitrogens with one attached hydrogen (secondary N) is 1. The van der Waals surface area contributed by atoms with Crippen LogP contribution in [0.3, 0.4) is 0 Å². The highest BCUT2D eigenvalue weighted by Crippen LogP contribution is 2.41. The molecule has 0 spiro atoms. The maximum atomic E-state index is 13.3. The average Bonchev–Trinajstić information content (AvgIpc) is 3.07. The van der Waals surface area contributed by atoms with Gasteiger partial charge in [-0.05, 0) is 24.3 Å². The first-order chi connectivity index (χ1) is 10.7. The molecule has 1 aliphatic rings. The van der Waals surface area contributed by atoms with Crippen molar-refractivity contribution in [3.8, 4) is 0 Å². The quantitative estimate of drug-likeness (QED) is 0.667. The standard InChI is InChI=1S/C16H16F3N3O/c1-11-15(14-7-4-8-20-14)21(2)10-22(11,23)13-6-3-5-12(9-13)16(17,18)19/h3-9,20H,10H2,1-2H3. The normalized spacial score (nSPS) is 22.1. The van der Waals surface area contributed by atoms with Crippen molar-refractivity contribution < 1.29 is 13.2 Å². The number of alkyl halides is 3. The third-order valence-electron chi connectivity index (χ3n) is 4.12. The lowest BCUT2D eigenvalue weighted by Gasteiger charge is -2.38. The number of allylic oxidation sites excluding steroid dienone is 1. The van der Waals surface area contributed by atoms with Gasteiger partial charge in [0.25, 0.3) is 0 Å². The molecule has 1 aromatic carbocycles. The van der Waals surface area contributed by atoms with Crippen LogP contribution in [0.5, 0.6) is 0 Å². The van der Waals surface area contributed by atoms with Crippen LogP contribution in [0.2, 0.25) is 0 Å². The fraction of sp³-hybridized carbons (Fsp3) is 0.250. The van der Waals surface area contributed by atoms with Gasteiger partial charge in [-0.25, -0.2) is 0 Å². The van der Waals surface area contributed by atoms with E-state index in [1.165, 1.54) is 12.1 Å².